The number of esters is 1. The second-order valence-corrected chi connectivity index (χ2v) is 11.8. The van der Waals surface area contributed by atoms with Gasteiger partial charge >= 0.3 is 5.97 Å². The summed E-state index contributed by atoms with van der Waals surface area (Å²) in [5, 5.41) is 12.1. The molecule has 1 saturated heterocycles. The topological polar surface area (TPSA) is 142 Å². The Morgan fingerprint density at radius 2 is 1.54 bits per heavy atom. The highest BCUT2D eigenvalue weighted by Gasteiger charge is 2.45. The average molecular weight is 684 g/mol. The summed E-state index contributed by atoms with van der Waals surface area (Å²) in [7, 11) is 1.58. The van der Waals surface area contributed by atoms with Gasteiger partial charge in [-0.15, -0.1) is 10.2 Å². The molecule has 1 aromatic carbocycles. The lowest BCUT2D eigenvalue weighted by atomic mass is 10.1. The summed E-state index contributed by atoms with van der Waals surface area (Å²) >= 11 is 6.05. The van der Waals surface area contributed by atoms with Crippen molar-refractivity contribution in [3.8, 4) is 28.5 Å². The Hall–Kier alpha value is -5.18. The smallest absolute Gasteiger partial charge is 0.332 e. The first-order valence-electron chi connectivity index (χ1n) is 14.9. The number of amides is 1. The zero-order valence-corrected chi connectivity index (χ0v) is 28.0. The number of benzene rings is 1. The molecule has 3 aromatic heterocycles. The van der Waals surface area contributed by atoms with Crippen LogP contribution < -0.4 is 10.1 Å². The van der Waals surface area contributed by atoms with E-state index < -0.39 is 30.9 Å². The summed E-state index contributed by atoms with van der Waals surface area (Å²) in [5.41, 5.74) is 2.52. The van der Waals surface area contributed by atoms with Crippen molar-refractivity contribution in [2.75, 3.05) is 25.5 Å². The molecule has 0 bridgehead atoms. The number of hydrogen-bond donors (Lipinski definition) is 1. The number of nitrogens with one attached hydrogen (secondary N) is 1. The number of aromatic nitrogens is 7. The summed E-state index contributed by atoms with van der Waals surface area (Å²) in [4.78, 5) is 36.9. The second-order valence-electron chi connectivity index (χ2n) is 11.4. The number of halogens is 3. The molecule has 0 radical (unpaired) electrons. The Balaban J connectivity index is 0.000000217. The number of ether oxygens (including phenoxy) is 2. The molecule has 0 unspecified atom stereocenters. The molecular formula is C32H36ClF2N9O4. The van der Waals surface area contributed by atoms with Crippen molar-refractivity contribution < 1.29 is 27.8 Å². The minimum atomic E-state index is -2.77. The van der Waals surface area contributed by atoms with E-state index in [2.05, 4.69) is 30.5 Å². The largest absolute Gasteiger partial charge is 0.497 e. The van der Waals surface area contributed by atoms with Crippen LogP contribution in [-0.2, 0) is 14.3 Å². The maximum absolute atomic E-state index is 12.7. The van der Waals surface area contributed by atoms with E-state index in [1.807, 2.05) is 45.0 Å². The average Bonchev–Trinajstić information content (AvgIpc) is 3.67. The second kappa shape index (κ2) is 15.6. The van der Waals surface area contributed by atoms with Crippen LogP contribution in [0.15, 0.2) is 55.1 Å². The zero-order chi connectivity index (χ0) is 35.0. The first kappa shape index (κ1) is 35.7. The lowest BCUT2D eigenvalue weighted by Crippen LogP contribution is -2.58. The van der Waals surface area contributed by atoms with Gasteiger partial charge in [0.25, 0.3) is 5.92 Å². The molecule has 1 amide bonds. The van der Waals surface area contributed by atoms with Gasteiger partial charge in [0.05, 0.1) is 26.3 Å². The van der Waals surface area contributed by atoms with Crippen LogP contribution in [0, 0.1) is 6.92 Å². The fourth-order valence-electron chi connectivity index (χ4n) is 4.27. The maximum Gasteiger partial charge on any atom is 0.332 e. The van der Waals surface area contributed by atoms with Gasteiger partial charge in [0, 0.05) is 41.7 Å². The molecule has 0 saturated carbocycles. The fourth-order valence-corrected chi connectivity index (χ4v) is 4.48. The van der Waals surface area contributed by atoms with Crippen molar-refractivity contribution in [3.05, 3.63) is 65.9 Å². The van der Waals surface area contributed by atoms with Crippen LogP contribution in [-0.4, -0.2) is 89.6 Å². The molecule has 48 heavy (non-hydrogen) atoms. The number of nitrogens with zero attached hydrogens (tertiary/aromatic N) is 8. The van der Waals surface area contributed by atoms with Crippen LogP contribution in [0.2, 0.25) is 5.15 Å². The van der Waals surface area contributed by atoms with Crippen LogP contribution in [0.1, 0.15) is 33.3 Å². The Kier molecular flexibility index (Phi) is 11.6. The van der Waals surface area contributed by atoms with E-state index >= 15 is 0 Å². The van der Waals surface area contributed by atoms with Crippen LogP contribution >= 0.6 is 11.6 Å². The van der Waals surface area contributed by atoms with E-state index in [1.165, 1.54) is 46.6 Å². The van der Waals surface area contributed by atoms with Gasteiger partial charge in [-0.25, -0.2) is 37.9 Å². The van der Waals surface area contributed by atoms with Crippen molar-refractivity contribution in [1.82, 2.24) is 39.4 Å². The third kappa shape index (κ3) is 10.4. The number of alkyl halides is 2. The van der Waals surface area contributed by atoms with Gasteiger partial charge in [-0.3, -0.25) is 4.79 Å². The van der Waals surface area contributed by atoms with E-state index in [0.29, 0.717) is 28.4 Å². The molecule has 4 aromatic rings. The first-order chi connectivity index (χ1) is 22.7. The highest BCUT2D eigenvalue weighted by Crippen LogP contribution is 2.27. The number of anilines is 1. The highest BCUT2D eigenvalue weighted by atomic mass is 35.5. The van der Waals surface area contributed by atoms with Crippen molar-refractivity contribution in [1.29, 1.82) is 0 Å². The standard InChI is InChI=1S/C16H20ClN5O2.C16H16F2N4O2/c1-10(2)19-14-8-12(7-13(17)20-14)16-18-9-22(21-16)6-5-15(23)24-11(3)4;1-11-5-12(7-13(6-11)24-2)15-19-10-22(20-15)4-3-14(23)21-8-16(17,18)9-21/h5-11H,1-4H3,(H,19,20);3-7,10H,8-9H2,1-2H3/b6-5-;4-3-. The van der Waals surface area contributed by atoms with Gasteiger partial charge in [0.2, 0.25) is 5.91 Å². The molecule has 13 nitrogen and oxygen atoms in total. The summed E-state index contributed by atoms with van der Waals surface area (Å²) in [6.45, 7) is 8.45. The molecule has 4 heterocycles. The van der Waals surface area contributed by atoms with E-state index in [-0.39, 0.29) is 12.1 Å². The number of rotatable bonds is 10. The molecule has 254 valence electrons. The summed E-state index contributed by atoms with van der Waals surface area (Å²) < 4.78 is 38.5. The lowest BCUT2D eigenvalue weighted by molar-refractivity contribution is -0.160. The van der Waals surface area contributed by atoms with Gasteiger partial charge in [-0.05, 0) is 70.5 Å². The highest BCUT2D eigenvalue weighted by molar-refractivity contribution is 6.29. The molecule has 0 aliphatic carbocycles. The van der Waals surface area contributed by atoms with Gasteiger partial charge < -0.3 is 19.7 Å². The molecular weight excluding hydrogens is 648 g/mol. The lowest BCUT2D eigenvalue weighted by Gasteiger charge is -2.37. The minimum Gasteiger partial charge on any atom is -0.497 e. The fraction of sp³-hybridized carbons (Fsp3) is 0.344. The number of carbonyl (C=O) groups is 2. The number of aryl methyl sites for hydroxylation is 1. The first-order valence-corrected chi connectivity index (χ1v) is 15.2. The predicted molar refractivity (Wildman–Crippen MR) is 177 cm³/mol. The number of likely N-dealkylation sites (tertiary alicyclic amines) is 1. The van der Waals surface area contributed by atoms with E-state index in [1.54, 1.807) is 27.0 Å². The zero-order valence-electron chi connectivity index (χ0n) is 27.3. The number of hydrogen-bond acceptors (Lipinski definition) is 10. The van der Waals surface area contributed by atoms with Crippen LogP contribution in [0.25, 0.3) is 35.2 Å². The molecule has 0 spiro atoms. The SMILES string of the molecule is CC(C)Nc1cc(-c2ncn(/C=C\C(=O)OC(C)C)n2)cc(Cl)n1.COc1cc(C)cc(-c2ncn(/C=C\C(=O)N3CC(F)(F)C3)n2)c1. The van der Waals surface area contributed by atoms with Gasteiger partial charge in [0.15, 0.2) is 11.6 Å². The summed E-state index contributed by atoms with van der Waals surface area (Å²) in [6.07, 6.45) is 8.14. The van der Waals surface area contributed by atoms with Crippen LogP contribution in [0.4, 0.5) is 14.6 Å². The third-order valence-corrected chi connectivity index (χ3v) is 6.49. The van der Waals surface area contributed by atoms with Crippen molar-refractivity contribution >= 4 is 41.7 Å². The monoisotopic (exact) mass is 683 g/mol. The van der Waals surface area contributed by atoms with Gasteiger partial charge in [0.1, 0.15) is 29.4 Å². The van der Waals surface area contributed by atoms with E-state index in [0.717, 1.165) is 21.6 Å². The Morgan fingerprint density at radius 1 is 0.938 bits per heavy atom. The Labute approximate surface area is 281 Å². The van der Waals surface area contributed by atoms with Crippen molar-refractivity contribution in [2.45, 2.75) is 52.7 Å². The molecule has 1 N–H and O–H groups in total. The van der Waals surface area contributed by atoms with Gasteiger partial charge in [-0.1, -0.05) is 11.6 Å². The number of pyridine rings is 1. The molecule has 5 rings (SSSR count). The number of carbonyl (C=O) groups excluding carboxylic acids is 2. The molecule has 16 heteroatoms. The van der Waals surface area contributed by atoms with Crippen molar-refractivity contribution in [2.24, 2.45) is 0 Å². The summed E-state index contributed by atoms with van der Waals surface area (Å²) in [5.74, 6) is -1.37. The Bertz CT molecular complexity index is 1800. The van der Waals surface area contributed by atoms with Crippen LogP contribution in [0.5, 0.6) is 5.75 Å². The van der Waals surface area contributed by atoms with Crippen molar-refractivity contribution in [3.63, 3.8) is 0 Å². The third-order valence-electron chi connectivity index (χ3n) is 6.29. The quantitative estimate of drug-likeness (QED) is 0.130. The van der Waals surface area contributed by atoms with Gasteiger partial charge in [-0.2, -0.15) is 0 Å². The Morgan fingerprint density at radius 3 is 2.10 bits per heavy atom. The predicted octanol–water partition coefficient (Wildman–Crippen LogP) is 5.45. The maximum atomic E-state index is 12.7. The van der Waals surface area contributed by atoms with E-state index in [9.17, 15) is 18.4 Å². The minimum absolute atomic E-state index is 0.167. The summed E-state index contributed by atoms with van der Waals surface area (Å²) in [6, 6.07) is 9.35. The van der Waals surface area contributed by atoms with Crippen LogP contribution in [0.3, 0.4) is 0 Å². The molecule has 1 aliphatic heterocycles. The molecule has 1 fully saturated rings. The molecule has 1 aliphatic rings. The molecule has 0 atom stereocenters. The normalized spacial score (nSPS) is 13.9. The van der Waals surface area contributed by atoms with E-state index in [4.69, 9.17) is 21.1 Å². The number of methoxy groups -OCH3 is 1.